The van der Waals surface area contributed by atoms with Gasteiger partial charge in [0, 0.05) is 15.7 Å². The molecule has 0 aliphatic rings. The smallest absolute Gasteiger partial charge is 0.0840 e. The lowest BCUT2D eigenvalue weighted by molar-refractivity contribution is 0.106. The van der Waals surface area contributed by atoms with E-state index in [2.05, 4.69) is 26.8 Å². The fourth-order valence-corrected chi connectivity index (χ4v) is 2.94. The number of nitrogens with two attached hydrogens (primary N) is 1. The molecule has 1 rings (SSSR count). The fourth-order valence-electron chi connectivity index (χ4n) is 1.97. The van der Waals surface area contributed by atoms with Crippen LogP contribution in [0.2, 0.25) is 0 Å². The SMILES string of the molecule is CCCC(CN)C(O)c1cc(C)sc1C. The molecule has 0 saturated carbocycles. The van der Waals surface area contributed by atoms with Gasteiger partial charge < -0.3 is 10.8 Å². The number of aliphatic hydroxyl groups is 1. The molecule has 0 aromatic carbocycles. The highest BCUT2D eigenvalue weighted by Gasteiger charge is 2.21. The van der Waals surface area contributed by atoms with Gasteiger partial charge in [0.15, 0.2) is 0 Å². The van der Waals surface area contributed by atoms with Crippen LogP contribution in [0.4, 0.5) is 0 Å². The van der Waals surface area contributed by atoms with Crippen molar-refractivity contribution in [2.45, 2.75) is 39.7 Å². The molecule has 2 nitrogen and oxygen atoms in total. The minimum Gasteiger partial charge on any atom is -0.388 e. The molecule has 1 heterocycles. The highest BCUT2D eigenvalue weighted by molar-refractivity contribution is 7.12. The first-order valence-corrected chi connectivity index (χ1v) is 6.36. The zero-order chi connectivity index (χ0) is 11.4. The number of hydrogen-bond donors (Lipinski definition) is 2. The summed E-state index contributed by atoms with van der Waals surface area (Å²) in [4.78, 5) is 2.48. The Morgan fingerprint density at radius 3 is 2.53 bits per heavy atom. The molecule has 3 N–H and O–H groups in total. The molecule has 0 radical (unpaired) electrons. The molecular formula is C12H21NOS. The van der Waals surface area contributed by atoms with E-state index in [-0.39, 0.29) is 12.0 Å². The summed E-state index contributed by atoms with van der Waals surface area (Å²) in [6, 6.07) is 2.09. The zero-order valence-electron chi connectivity index (χ0n) is 9.79. The normalized spacial score (nSPS) is 15.3. The third-order valence-corrected chi connectivity index (χ3v) is 3.79. The van der Waals surface area contributed by atoms with Gasteiger partial charge in [-0.15, -0.1) is 11.3 Å². The Morgan fingerprint density at radius 1 is 1.47 bits per heavy atom. The first kappa shape index (κ1) is 12.7. The lowest BCUT2D eigenvalue weighted by atomic mass is 9.92. The second-order valence-electron chi connectivity index (χ2n) is 4.10. The summed E-state index contributed by atoms with van der Waals surface area (Å²) in [6.45, 7) is 6.82. The van der Waals surface area contributed by atoms with Gasteiger partial charge in [-0.2, -0.15) is 0 Å². The predicted octanol–water partition coefficient (Wildman–Crippen LogP) is 2.77. The molecule has 0 bridgehead atoms. The molecule has 86 valence electrons. The molecule has 15 heavy (non-hydrogen) atoms. The number of aryl methyl sites for hydroxylation is 2. The van der Waals surface area contributed by atoms with Crippen LogP contribution in [-0.4, -0.2) is 11.7 Å². The van der Waals surface area contributed by atoms with E-state index in [1.165, 1.54) is 9.75 Å². The minimum atomic E-state index is -0.389. The van der Waals surface area contributed by atoms with Crippen LogP contribution >= 0.6 is 11.3 Å². The lowest BCUT2D eigenvalue weighted by Crippen LogP contribution is -2.22. The van der Waals surface area contributed by atoms with Crippen LogP contribution in [0, 0.1) is 19.8 Å². The molecular weight excluding hydrogens is 206 g/mol. The van der Waals surface area contributed by atoms with E-state index in [0.717, 1.165) is 18.4 Å². The maximum Gasteiger partial charge on any atom is 0.0840 e. The first-order valence-electron chi connectivity index (χ1n) is 5.55. The van der Waals surface area contributed by atoms with Crippen molar-refractivity contribution in [1.82, 2.24) is 0 Å². The third kappa shape index (κ3) is 3.03. The Bertz CT molecular complexity index is 309. The summed E-state index contributed by atoms with van der Waals surface area (Å²) < 4.78 is 0. The van der Waals surface area contributed by atoms with Crippen LogP contribution in [0.5, 0.6) is 0 Å². The van der Waals surface area contributed by atoms with Crippen LogP contribution in [0.25, 0.3) is 0 Å². The van der Waals surface area contributed by atoms with Gasteiger partial charge in [0.25, 0.3) is 0 Å². The number of hydrogen-bond acceptors (Lipinski definition) is 3. The van der Waals surface area contributed by atoms with Gasteiger partial charge in [0.2, 0.25) is 0 Å². The Balaban J connectivity index is 2.81. The molecule has 0 saturated heterocycles. The molecule has 3 heteroatoms. The number of thiophene rings is 1. The summed E-state index contributed by atoms with van der Waals surface area (Å²) in [5.74, 6) is 0.197. The number of rotatable bonds is 5. The largest absolute Gasteiger partial charge is 0.388 e. The second kappa shape index (κ2) is 5.64. The van der Waals surface area contributed by atoms with Crippen molar-refractivity contribution in [1.29, 1.82) is 0 Å². The summed E-state index contributed by atoms with van der Waals surface area (Å²) in [7, 11) is 0. The molecule has 2 atom stereocenters. The van der Waals surface area contributed by atoms with Crippen molar-refractivity contribution in [2.75, 3.05) is 6.54 Å². The third-order valence-electron chi connectivity index (χ3n) is 2.81. The molecule has 1 aromatic heterocycles. The summed E-state index contributed by atoms with van der Waals surface area (Å²) in [6.07, 6.45) is 1.67. The van der Waals surface area contributed by atoms with Gasteiger partial charge >= 0.3 is 0 Å². The fraction of sp³-hybridized carbons (Fsp3) is 0.667. The molecule has 0 spiro atoms. The van der Waals surface area contributed by atoms with Crippen molar-refractivity contribution in [3.8, 4) is 0 Å². The second-order valence-corrected chi connectivity index (χ2v) is 5.56. The van der Waals surface area contributed by atoms with Crippen molar-refractivity contribution >= 4 is 11.3 Å². The molecule has 0 fully saturated rings. The van der Waals surface area contributed by atoms with Crippen molar-refractivity contribution in [2.24, 2.45) is 11.7 Å². The molecule has 0 aliphatic heterocycles. The van der Waals surface area contributed by atoms with Gasteiger partial charge in [-0.05, 0) is 38.4 Å². The van der Waals surface area contributed by atoms with E-state index in [9.17, 15) is 5.11 Å². The summed E-state index contributed by atoms with van der Waals surface area (Å²) in [5, 5.41) is 10.2. The lowest BCUT2D eigenvalue weighted by Gasteiger charge is -2.20. The van der Waals surface area contributed by atoms with Crippen LogP contribution < -0.4 is 5.73 Å². The van der Waals surface area contributed by atoms with Crippen LogP contribution in [0.15, 0.2) is 6.07 Å². The highest BCUT2D eigenvalue weighted by atomic mass is 32.1. The summed E-state index contributed by atoms with van der Waals surface area (Å²) in [5.41, 5.74) is 6.77. The standard InChI is InChI=1S/C12H21NOS/c1-4-5-10(7-13)12(14)11-6-8(2)15-9(11)3/h6,10,12,14H,4-5,7,13H2,1-3H3. The van der Waals surface area contributed by atoms with E-state index in [0.29, 0.717) is 6.54 Å². The van der Waals surface area contributed by atoms with Crippen molar-refractivity contribution in [3.63, 3.8) is 0 Å². The van der Waals surface area contributed by atoms with Gasteiger partial charge in [-0.1, -0.05) is 13.3 Å². The Hall–Kier alpha value is -0.380. The Kier molecular flexibility index (Phi) is 4.77. The van der Waals surface area contributed by atoms with Gasteiger partial charge in [0.05, 0.1) is 6.10 Å². The van der Waals surface area contributed by atoms with E-state index in [1.807, 2.05) is 0 Å². The Labute approximate surface area is 96.1 Å². The van der Waals surface area contributed by atoms with Gasteiger partial charge in [-0.25, -0.2) is 0 Å². The average Bonchev–Trinajstić information content (AvgIpc) is 2.53. The van der Waals surface area contributed by atoms with Gasteiger partial charge in [0.1, 0.15) is 0 Å². The molecule has 0 aliphatic carbocycles. The highest BCUT2D eigenvalue weighted by Crippen LogP contribution is 2.32. The topological polar surface area (TPSA) is 46.2 Å². The van der Waals surface area contributed by atoms with Crippen LogP contribution in [0.3, 0.4) is 0 Å². The van der Waals surface area contributed by atoms with Crippen LogP contribution in [-0.2, 0) is 0 Å². The van der Waals surface area contributed by atoms with Crippen LogP contribution in [0.1, 0.15) is 41.2 Å². The maximum absolute atomic E-state index is 10.2. The maximum atomic E-state index is 10.2. The monoisotopic (exact) mass is 227 g/mol. The molecule has 2 unspecified atom stereocenters. The number of aliphatic hydroxyl groups excluding tert-OH is 1. The first-order chi connectivity index (χ1) is 7.10. The predicted molar refractivity (Wildman–Crippen MR) is 66.2 cm³/mol. The summed E-state index contributed by atoms with van der Waals surface area (Å²) >= 11 is 1.74. The van der Waals surface area contributed by atoms with Crippen molar-refractivity contribution < 1.29 is 5.11 Å². The molecule has 1 aromatic rings. The molecule has 0 amide bonds. The van der Waals surface area contributed by atoms with E-state index in [1.54, 1.807) is 11.3 Å². The van der Waals surface area contributed by atoms with E-state index < -0.39 is 0 Å². The zero-order valence-corrected chi connectivity index (χ0v) is 10.6. The minimum absolute atomic E-state index is 0.197. The average molecular weight is 227 g/mol. The van der Waals surface area contributed by atoms with E-state index >= 15 is 0 Å². The Morgan fingerprint density at radius 2 is 2.13 bits per heavy atom. The van der Waals surface area contributed by atoms with Crippen molar-refractivity contribution in [3.05, 3.63) is 21.4 Å². The van der Waals surface area contributed by atoms with E-state index in [4.69, 9.17) is 5.73 Å². The van der Waals surface area contributed by atoms with Gasteiger partial charge in [-0.3, -0.25) is 0 Å². The quantitative estimate of drug-likeness (QED) is 0.812.